The summed E-state index contributed by atoms with van der Waals surface area (Å²) in [5.74, 6) is 2.24. The first-order valence-electron chi connectivity index (χ1n) is 8.75. The number of nitrogens with zero attached hydrogens (tertiary/aromatic N) is 3. The molecule has 0 bridgehead atoms. The van der Waals surface area contributed by atoms with E-state index in [1.165, 1.54) is 0 Å². The van der Waals surface area contributed by atoms with Crippen LogP contribution in [0, 0.1) is 4.77 Å². The van der Waals surface area contributed by atoms with Crippen LogP contribution in [0.5, 0.6) is 11.5 Å². The van der Waals surface area contributed by atoms with Crippen molar-refractivity contribution in [1.82, 2.24) is 14.9 Å². The van der Waals surface area contributed by atoms with Crippen LogP contribution in [0.1, 0.15) is 36.7 Å². The van der Waals surface area contributed by atoms with Crippen molar-refractivity contribution in [1.29, 1.82) is 0 Å². The lowest BCUT2D eigenvalue weighted by Gasteiger charge is -2.11. The van der Waals surface area contributed by atoms with Crippen LogP contribution in [0.2, 0.25) is 5.02 Å². The second-order valence-electron chi connectivity index (χ2n) is 6.42. The zero-order chi connectivity index (χ0) is 20.1. The van der Waals surface area contributed by atoms with Gasteiger partial charge in [0.15, 0.2) is 17.3 Å². The van der Waals surface area contributed by atoms with E-state index >= 15 is 0 Å². The molecule has 8 heteroatoms. The molecule has 3 rings (SSSR count). The molecule has 3 aromatic rings. The van der Waals surface area contributed by atoms with Crippen molar-refractivity contribution in [2.75, 3.05) is 7.11 Å². The van der Waals surface area contributed by atoms with Gasteiger partial charge in [0.2, 0.25) is 4.77 Å². The normalized spacial score (nSPS) is 11.3. The molecule has 0 amide bonds. The molecule has 0 saturated heterocycles. The van der Waals surface area contributed by atoms with E-state index in [0.29, 0.717) is 27.9 Å². The third-order valence-electron chi connectivity index (χ3n) is 4.01. The van der Waals surface area contributed by atoms with Crippen LogP contribution in [0.3, 0.4) is 0 Å². The van der Waals surface area contributed by atoms with Crippen LogP contribution >= 0.6 is 23.8 Å². The van der Waals surface area contributed by atoms with Crippen LogP contribution in [-0.4, -0.2) is 28.2 Å². The first kappa shape index (κ1) is 20.1. The fourth-order valence-corrected chi connectivity index (χ4v) is 2.85. The number of rotatable bonds is 7. The van der Waals surface area contributed by atoms with Crippen molar-refractivity contribution >= 4 is 30.0 Å². The summed E-state index contributed by atoms with van der Waals surface area (Å²) in [5.41, 5.74) is 1.88. The Balaban J connectivity index is 1.77. The summed E-state index contributed by atoms with van der Waals surface area (Å²) in [6, 6.07) is 13.1. The minimum Gasteiger partial charge on any atom is -0.493 e. The van der Waals surface area contributed by atoms with E-state index in [-0.39, 0.29) is 5.92 Å². The predicted molar refractivity (Wildman–Crippen MR) is 113 cm³/mol. The largest absolute Gasteiger partial charge is 0.493 e. The maximum Gasteiger partial charge on any atom is 0.216 e. The van der Waals surface area contributed by atoms with Gasteiger partial charge >= 0.3 is 0 Å². The minimum atomic E-state index is 0.197. The SMILES string of the molecule is COc1cc(/C=N\n2c(C(C)C)n[nH]c2=S)ccc1OCc1ccc(Cl)cc1. The highest BCUT2D eigenvalue weighted by molar-refractivity contribution is 7.71. The molecule has 0 aliphatic carbocycles. The van der Waals surface area contributed by atoms with E-state index in [1.807, 2.05) is 56.3 Å². The van der Waals surface area contributed by atoms with Crippen molar-refractivity contribution < 1.29 is 9.47 Å². The Morgan fingerprint density at radius 2 is 1.96 bits per heavy atom. The van der Waals surface area contributed by atoms with Gasteiger partial charge < -0.3 is 9.47 Å². The van der Waals surface area contributed by atoms with Crippen LogP contribution < -0.4 is 9.47 Å². The summed E-state index contributed by atoms with van der Waals surface area (Å²) >= 11 is 11.2. The van der Waals surface area contributed by atoms with Crippen molar-refractivity contribution in [3.63, 3.8) is 0 Å². The number of aromatic nitrogens is 3. The number of H-pyrrole nitrogens is 1. The lowest BCUT2D eigenvalue weighted by atomic mass is 10.2. The molecule has 1 heterocycles. The van der Waals surface area contributed by atoms with E-state index in [4.69, 9.17) is 33.3 Å². The Morgan fingerprint density at radius 1 is 1.21 bits per heavy atom. The Bertz CT molecular complexity index is 1030. The Morgan fingerprint density at radius 3 is 2.64 bits per heavy atom. The van der Waals surface area contributed by atoms with Crippen molar-refractivity contribution in [3.8, 4) is 11.5 Å². The Labute approximate surface area is 173 Å². The maximum atomic E-state index is 5.91. The maximum absolute atomic E-state index is 5.91. The molecule has 28 heavy (non-hydrogen) atoms. The zero-order valence-corrected chi connectivity index (χ0v) is 17.4. The van der Waals surface area contributed by atoms with Gasteiger partial charge in [0.25, 0.3) is 0 Å². The highest BCUT2D eigenvalue weighted by Crippen LogP contribution is 2.28. The predicted octanol–water partition coefficient (Wildman–Crippen LogP) is 5.19. The molecule has 0 aliphatic heterocycles. The van der Waals surface area contributed by atoms with Gasteiger partial charge in [-0.3, -0.25) is 5.10 Å². The van der Waals surface area contributed by atoms with Gasteiger partial charge in [0.05, 0.1) is 13.3 Å². The number of halogens is 1. The average Bonchev–Trinajstić information content (AvgIpc) is 3.07. The highest BCUT2D eigenvalue weighted by Gasteiger charge is 2.09. The summed E-state index contributed by atoms with van der Waals surface area (Å²) < 4.78 is 13.4. The Kier molecular flexibility index (Phi) is 6.49. The molecule has 0 fully saturated rings. The molecule has 0 saturated carbocycles. The standard InChI is InChI=1S/C20H21ClN4O2S/c1-13(2)19-23-24-20(28)25(19)22-11-15-6-9-17(18(10-15)26-3)27-12-14-4-7-16(21)8-5-14/h4-11,13H,12H2,1-3H3,(H,24,28)/b22-11-. The quantitative estimate of drug-likeness (QED) is 0.425. The van der Waals surface area contributed by atoms with Gasteiger partial charge in [-0.2, -0.15) is 14.9 Å². The van der Waals surface area contributed by atoms with Crippen molar-refractivity contribution in [3.05, 3.63) is 69.2 Å². The zero-order valence-electron chi connectivity index (χ0n) is 15.8. The topological polar surface area (TPSA) is 64.4 Å². The van der Waals surface area contributed by atoms with Crippen LogP contribution in [0.25, 0.3) is 0 Å². The van der Waals surface area contributed by atoms with Gasteiger partial charge in [0, 0.05) is 10.9 Å². The molecule has 0 aliphatic rings. The van der Waals surface area contributed by atoms with E-state index in [2.05, 4.69) is 15.3 Å². The molecule has 0 radical (unpaired) electrons. The molecule has 0 unspecified atom stereocenters. The second kappa shape index (κ2) is 9.03. The first-order chi connectivity index (χ1) is 13.5. The van der Waals surface area contributed by atoms with Crippen LogP contribution in [-0.2, 0) is 6.61 Å². The number of aromatic amines is 1. The summed E-state index contributed by atoms with van der Waals surface area (Å²) in [7, 11) is 1.61. The Hall–Kier alpha value is -2.64. The van der Waals surface area contributed by atoms with Gasteiger partial charge in [-0.25, -0.2) is 0 Å². The van der Waals surface area contributed by atoms with Gasteiger partial charge in [-0.15, -0.1) is 0 Å². The minimum absolute atomic E-state index is 0.197. The van der Waals surface area contributed by atoms with E-state index in [9.17, 15) is 0 Å². The van der Waals surface area contributed by atoms with Crippen LogP contribution in [0.4, 0.5) is 0 Å². The lowest BCUT2D eigenvalue weighted by molar-refractivity contribution is 0.284. The molecule has 2 aromatic carbocycles. The summed E-state index contributed by atoms with van der Waals surface area (Å²) in [4.78, 5) is 0. The van der Waals surface area contributed by atoms with Gasteiger partial charge in [-0.05, 0) is 53.7 Å². The summed E-state index contributed by atoms with van der Waals surface area (Å²) in [6.07, 6.45) is 1.71. The summed E-state index contributed by atoms with van der Waals surface area (Å²) in [5, 5.41) is 12.1. The third kappa shape index (κ3) is 4.79. The molecule has 146 valence electrons. The smallest absolute Gasteiger partial charge is 0.216 e. The number of benzene rings is 2. The second-order valence-corrected chi connectivity index (χ2v) is 7.25. The lowest BCUT2D eigenvalue weighted by Crippen LogP contribution is -2.01. The molecule has 0 atom stereocenters. The first-order valence-corrected chi connectivity index (χ1v) is 9.53. The molecular formula is C20H21ClN4O2S. The van der Waals surface area contributed by atoms with E-state index < -0.39 is 0 Å². The van der Waals surface area contributed by atoms with Gasteiger partial charge in [0.1, 0.15) is 6.61 Å². The van der Waals surface area contributed by atoms with E-state index in [1.54, 1.807) is 18.0 Å². The molecule has 0 spiro atoms. The highest BCUT2D eigenvalue weighted by atomic mass is 35.5. The molecule has 6 nitrogen and oxygen atoms in total. The third-order valence-corrected chi connectivity index (χ3v) is 4.53. The fraction of sp³-hybridized carbons (Fsp3) is 0.250. The number of hydrogen-bond acceptors (Lipinski definition) is 5. The monoisotopic (exact) mass is 416 g/mol. The molecule has 1 aromatic heterocycles. The molecular weight excluding hydrogens is 396 g/mol. The van der Waals surface area contributed by atoms with Crippen molar-refractivity contribution in [2.45, 2.75) is 26.4 Å². The average molecular weight is 417 g/mol. The van der Waals surface area contributed by atoms with E-state index in [0.717, 1.165) is 17.0 Å². The molecule has 1 N–H and O–H groups in total. The summed E-state index contributed by atoms with van der Waals surface area (Å²) in [6.45, 7) is 4.49. The number of ether oxygens (including phenoxy) is 2. The number of hydrogen-bond donors (Lipinski definition) is 1. The number of methoxy groups -OCH3 is 1. The van der Waals surface area contributed by atoms with Crippen molar-refractivity contribution in [2.24, 2.45) is 5.10 Å². The fourth-order valence-electron chi connectivity index (χ4n) is 2.54. The number of nitrogens with one attached hydrogen (secondary N) is 1. The van der Waals surface area contributed by atoms with Gasteiger partial charge in [-0.1, -0.05) is 37.6 Å². The van der Waals surface area contributed by atoms with Crippen LogP contribution in [0.15, 0.2) is 47.6 Å².